The van der Waals surface area contributed by atoms with E-state index in [1.807, 2.05) is 0 Å². The Hall–Kier alpha value is -1.84. The number of nitrogens with zero attached hydrogens (tertiary/aromatic N) is 1. The third kappa shape index (κ3) is 6.34. The van der Waals surface area contributed by atoms with E-state index in [4.69, 9.17) is 16.7 Å². The molecule has 2 amide bonds. The van der Waals surface area contributed by atoms with E-state index in [0.717, 1.165) is 0 Å². The molecular weight excluding hydrogens is 358 g/mol. The van der Waals surface area contributed by atoms with Crippen molar-refractivity contribution in [2.45, 2.75) is 11.8 Å². The summed E-state index contributed by atoms with van der Waals surface area (Å²) in [4.78, 5) is 23.8. The van der Waals surface area contributed by atoms with E-state index in [9.17, 15) is 18.0 Å². The molecule has 24 heavy (non-hydrogen) atoms. The molecule has 0 saturated carbocycles. The first-order valence-electron chi connectivity index (χ1n) is 7.10. The summed E-state index contributed by atoms with van der Waals surface area (Å²) in [5.74, 6) is -1.69. The average molecular weight is 378 g/mol. The van der Waals surface area contributed by atoms with Crippen molar-refractivity contribution >= 4 is 33.6 Å². The van der Waals surface area contributed by atoms with E-state index < -0.39 is 27.9 Å². The number of carbonyl (C=O) groups is 2. The quantitative estimate of drug-likeness (QED) is 0.584. The summed E-state index contributed by atoms with van der Waals surface area (Å²) in [5, 5.41) is 11.6. The molecule has 8 nitrogen and oxygen atoms in total. The van der Waals surface area contributed by atoms with Crippen LogP contribution in [0.4, 0.5) is 4.79 Å². The Bertz CT molecular complexity index is 695. The van der Waals surface area contributed by atoms with E-state index in [2.05, 4.69) is 10.0 Å². The minimum Gasteiger partial charge on any atom is -0.481 e. The molecule has 3 N–H and O–H groups in total. The Kier molecular flexibility index (Phi) is 7.46. The lowest BCUT2D eigenvalue weighted by Crippen LogP contribution is -2.43. The van der Waals surface area contributed by atoms with Crippen molar-refractivity contribution in [1.82, 2.24) is 14.9 Å². The van der Waals surface area contributed by atoms with Gasteiger partial charge in [-0.3, -0.25) is 4.79 Å². The number of carbonyl (C=O) groups excluding carboxylic acids is 1. The van der Waals surface area contributed by atoms with E-state index in [1.165, 1.54) is 37.1 Å². The Labute approximate surface area is 145 Å². The topological polar surface area (TPSA) is 116 Å². The zero-order valence-electron chi connectivity index (χ0n) is 13.3. The molecule has 0 bridgehead atoms. The maximum Gasteiger partial charge on any atom is 0.317 e. The minimum atomic E-state index is -3.71. The molecular formula is C14H20ClN3O5S. The monoisotopic (exact) mass is 377 g/mol. The first kappa shape index (κ1) is 20.2. The number of aliphatic carboxylic acids is 1. The number of rotatable bonds is 8. The molecule has 1 atom stereocenters. The molecule has 0 aliphatic heterocycles. The normalized spacial score (nSPS) is 12.5. The van der Waals surface area contributed by atoms with E-state index >= 15 is 0 Å². The molecule has 0 aromatic heterocycles. The fourth-order valence-electron chi connectivity index (χ4n) is 1.78. The van der Waals surface area contributed by atoms with Crippen molar-refractivity contribution in [3.63, 3.8) is 0 Å². The molecule has 134 valence electrons. The molecule has 0 saturated heterocycles. The lowest BCUT2D eigenvalue weighted by Gasteiger charge is -2.20. The van der Waals surface area contributed by atoms with Crippen LogP contribution in [0.15, 0.2) is 29.2 Å². The Morgan fingerprint density at radius 2 is 2.00 bits per heavy atom. The van der Waals surface area contributed by atoms with Gasteiger partial charge in [0.15, 0.2) is 0 Å². The summed E-state index contributed by atoms with van der Waals surface area (Å²) < 4.78 is 26.4. The number of halogens is 1. The van der Waals surface area contributed by atoms with Gasteiger partial charge in [-0.05, 0) is 18.2 Å². The number of nitrogens with one attached hydrogen (secondary N) is 2. The molecule has 1 aromatic rings. The summed E-state index contributed by atoms with van der Waals surface area (Å²) in [6.45, 7) is 1.59. The van der Waals surface area contributed by atoms with Crippen LogP contribution in [0.1, 0.15) is 6.92 Å². The number of urea groups is 1. The minimum absolute atomic E-state index is 0.0110. The third-order valence-electron chi connectivity index (χ3n) is 3.12. The van der Waals surface area contributed by atoms with Gasteiger partial charge in [0, 0.05) is 31.7 Å². The van der Waals surface area contributed by atoms with Gasteiger partial charge in [-0.1, -0.05) is 24.6 Å². The molecule has 0 spiro atoms. The Morgan fingerprint density at radius 1 is 1.33 bits per heavy atom. The second kappa shape index (κ2) is 8.86. The smallest absolute Gasteiger partial charge is 0.317 e. The molecule has 10 heteroatoms. The second-order valence-electron chi connectivity index (χ2n) is 5.21. The fraction of sp³-hybridized carbons (Fsp3) is 0.429. The van der Waals surface area contributed by atoms with Crippen LogP contribution in [-0.4, -0.2) is 57.1 Å². The van der Waals surface area contributed by atoms with Crippen LogP contribution >= 0.6 is 11.6 Å². The van der Waals surface area contributed by atoms with Gasteiger partial charge < -0.3 is 15.3 Å². The van der Waals surface area contributed by atoms with Gasteiger partial charge in [0.05, 0.1) is 10.8 Å². The van der Waals surface area contributed by atoms with Crippen LogP contribution in [0.5, 0.6) is 0 Å². The Balaban J connectivity index is 2.42. The van der Waals surface area contributed by atoms with Crippen molar-refractivity contribution in [3.8, 4) is 0 Å². The number of sulfonamides is 1. The van der Waals surface area contributed by atoms with Crippen LogP contribution in [0.3, 0.4) is 0 Å². The van der Waals surface area contributed by atoms with E-state index in [-0.39, 0.29) is 24.5 Å². The molecule has 1 aromatic carbocycles. The fourth-order valence-corrected chi connectivity index (χ4v) is 3.11. The molecule has 0 heterocycles. The number of amides is 2. The number of hydrogen-bond acceptors (Lipinski definition) is 4. The number of benzene rings is 1. The van der Waals surface area contributed by atoms with Gasteiger partial charge in [0.1, 0.15) is 0 Å². The predicted octanol–water partition coefficient (Wildman–Crippen LogP) is 0.980. The van der Waals surface area contributed by atoms with Gasteiger partial charge in [0.25, 0.3) is 0 Å². The highest BCUT2D eigenvalue weighted by Gasteiger charge is 2.17. The largest absolute Gasteiger partial charge is 0.481 e. The first-order chi connectivity index (χ1) is 11.1. The molecule has 0 fully saturated rings. The SMILES string of the molecule is CC(CN(C)C(=O)NCCNS(=O)(=O)c1cccc(Cl)c1)C(=O)O. The zero-order valence-corrected chi connectivity index (χ0v) is 14.9. The highest BCUT2D eigenvalue weighted by Crippen LogP contribution is 2.14. The summed E-state index contributed by atoms with van der Waals surface area (Å²) in [6.07, 6.45) is 0. The van der Waals surface area contributed by atoms with Crippen LogP contribution in [0.2, 0.25) is 5.02 Å². The maximum atomic E-state index is 12.0. The van der Waals surface area contributed by atoms with Crippen molar-refractivity contribution < 1.29 is 23.1 Å². The average Bonchev–Trinajstić information content (AvgIpc) is 2.51. The summed E-state index contributed by atoms with van der Waals surface area (Å²) in [6, 6.07) is 5.34. The van der Waals surface area contributed by atoms with Crippen molar-refractivity contribution in [3.05, 3.63) is 29.3 Å². The lowest BCUT2D eigenvalue weighted by atomic mass is 10.2. The highest BCUT2D eigenvalue weighted by molar-refractivity contribution is 7.89. The molecule has 1 unspecified atom stereocenters. The van der Waals surface area contributed by atoms with Crippen molar-refractivity contribution in [1.29, 1.82) is 0 Å². The van der Waals surface area contributed by atoms with E-state index in [0.29, 0.717) is 5.02 Å². The van der Waals surface area contributed by atoms with Crippen LogP contribution in [0.25, 0.3) is 0 Å². The standard InChI is InChI=1S/C14H20ClN3O5S/c1-10(13(19)20)9-18(2)14(21)16-6-7-17-24(22,23)12-5-3-4-11(15)8-12/h3-5,8,10,17H,6-7,9H2,1-2H3,(H,16,21)(H,19,20). The maximum absolute atomic E-state index is 12.0. The number of hydrogen-bond donors (Lipinski definition) is 3. The molecule has 0 radical (unpaired) electrons. The third-order valence-corrected chi connectivity index (χ3v) is 4.81. The second-order valence-corrected chi connectivity index (χ2v) is 7.41. The summed E-state index contributed by atoms with van der Waals surface area (Å²) >= 11 is 5.76. The van der Waals surface area contributed by atoms with Gasteiger partial charge in [-0.25, -0.2) is 17.9 Å². The summed E-state index contributed by atoms with van der Waals surface area (Å²) in [7, 11) is -2.25. The molecule has 0 aliphatic carbocycles. The van der Waals surface area contributed by atoms with Crippen LogP contribution < -0.4 is 10.0 Å². The van der Waals surface area contributed by atoms with Crippen molar-refractivity contribution in [2.24, 2.45) is 5.92 Å². The highest BCUT2D eigenvalue weighted by atomic mass is 35.5. The van der Waals surface area contributed by atoms with Gasteiger partial charge in [-0.2, -0.15) is 0 Å². The van der Waals surface area contributed by atoms with Gasteiger partial charge in [-0.15, -0.1) is 0 Å². The molecule has 1 rings (SSSR count). The summed E-state index contributed by atoms with van der Waals surface area (Å²) in [5.41, 5.74) is 0. The lowest BCUT2D eigenvalue weighted by molar-refractivity contribution is -0.141. The van der Waals surface area contributed by atoms with E-state index in [1.54, 1.807) is 6.07 Å². The predicted molar refractivity (Wildman–Crippen MR) is 89.5 cm³/mol. The first-order valence-corrected chi connectivity index (χ1v) is 8.96. The van der Waals surface area contributed by atoms with Crippen molar-refractivity contribution in [2.75, 3.05) is 26.7 Å². The van der Waals surface area contributed by atoms with Gasteiger partial charge in [0.2, 0.25) is 10.0 Å². The number of carboxylic acids is 1. The van der Waals surface area contributed by atoms with Gasteiger partial charge >= 0.3 is 12.0 Å². The number of carboxylic acid groups (broad SMARTS) is 1. The Morgan fingerprint density at radius 3 is 2.58 bits per heavy atom. The zero-order chi connectivity index (χ0) is 18.3. The molecule has 0 aliphatic rings. The van der Waals surface area contributed by atoms with Crippen LogP contribution in [0, 0.1) is 5.92 Å². The van der Waals surface area contributed by atoms with Crippen LogP contribution in [-0.2, 0) is 14.8 Å².